The molecule has 0 saturated heterocycles. The van der Waals surface area contributed by atoms with Crippen LogP contribution in [0.5, 0.6) is 0 Å². The van der Waals surface area contributed by atoms with E-state index in [1.165, 1.54) is 24.1 Å². The van der Waals surface area contributed by atoms with E-state index in [1.54, 1.807) is 12.1 Å². The third-order valence-corrected chi connectivity index (χ3v) is 6.01. The minimum absolute atomic E-state index is 0.0422. The number of sulfonamides is 1. The highest BCUT2D eigenvalue weighted by molar-refractivity contribution is 7.89. The van der Waals surface area contributed by atoms with Crippen LogP contribution in [0.15, 0.2) is 41.3 Å². The second-order valence-corrected chi connectivity index (χ2v) is 7.94. The first-order valence-electron chi connectivity index (χ1n) is 7.62. The van der Waals surface area contributed by atoms with Crippen LogP contribution in [0.4, 0.5) is 11.4 Å². The number of nitrogens with one attached hydrogen (secondary N) is 2. The lowest BCUT2D eigenvalue weighted by atomic mass is 10.1. The summed E-state index contributed by atoms with van der Waals surface area (Å²) in [6, 6.07) is 11.8. The van der Waals surface area contributed by atoms with Gasteiger partial charge in [-0.25, -0.2) is 13.1 Å². The van der Waals surface area contributed by atoms with Crippen molar-refractivity contribution in [2.75, 3.05) is 17.3 Å². The monoisotopic (exact) mass is 390 g/mol. The summed E-state index contributed by atoms with van der Waals surface area (Å²) in [5.74, 6) is -0.483. The topological polar surface area (TPSA) is 102 Å². The first-order chi connectivity index (χ1) is 12.3. The molecule has 2 aromatic rings. The number of hydrogen-bond donors (Lipinski definition) is 2. The molecule has 0 aromatic heterocycles. The van der Waals surface area contributed by atoms with Crippen LogP contribution in [0.25, 0.3) is 0 Å². The standard InChI is InChI=1S/C17H15ClN4O3S/c1-10-5-3-4-6-14(10)22-16(9-19)21-13-8-12(18)15(26(24,25)20-2)7-11(13)17(22)23/h3-8,16,20-21H,1-2H3. The first kappa shape index (κ1) is 18.2. The summed E-state index contributed by atoms with van der Waals surface area (Å²) < 4.78 is 26.5. The number of anilines is 2. The molecule has 1 atom stereocenters. The Kier molecular flexibility index (Phi) is 4.63. The van der Waals surface area contributed by atoms with Gasteiger partial charge in [-0.15, -0.1) is 0 Å². The number of hydrogen-bond acceptors (Lipinski definition) is 5. The molecule has 1 unspecified atom stereocenters. The molecule has 0 aliphatic carbocycles. The van der Waals surface area contributed by atoms with Gasteiger partial charge in [0.25, 0.3) is 5.91 Å². The van der Waals surface area contributed by atoms with Crippen LogP contribution < -0.4 is 14.9 Å². The Morgan fingerprint density at radius 1 is 1.31 bits per heavy atom. The van der Waals surface area contributed by atoms with E-state index in [4.69, 9.17) is 11.6 Å². The number of amides is 1. The van der Waals surface area contributed by atoms with Crippen LogP contribution in [0.2, 0.25) is 5.02 Å². The lowest BCUT2D eigenvalue weighted by Crippen LogP contribution is -2.48. The van der Waals surface area contributed by atoms with Crippen molar-refractivity contribution in [3.8, 4) is 6.07 Å². The zero-order chi connectivity index (χ0) is 19.1. The van der Waals surface area contributed by atoms with Gasteiger partial charge in [-0.3, -0.25) is 9.69 Å². The normalized spacial score (nSPS) is 16.6. The Labute approximate surface area is 156 Å². The number of aryl methyl sites for hydroxylation is 1. The van der Waals surface area contributed by atoms with E-state index < -0.39 is 22.1 Å². The second-order valence-electron chi connectivity index (χ2n) is 5.67. The molecule has 2 N–H and O–H groups in total. The molecule has 3 rings (SSSR count). The maximum Gasteiger partial charge on any atom is 0.262 e. The Hall–Kier alpha value is -2.60. The number of para-hydroxylation sites is 1. The van der Waals surface area contributed by atoms with E-state index in [2.05, 4.69) is 10.0 Å². The molecular formula is C17H15ClN4O3S. The quantitative estimate of drug-likeness (QED) is 0.838. The molecule has 0 bridgehead atoms. The highest BCUT2D eigenvalue weighted by Gasteiger charge is 2.35. The molecule has 0 radical (unpaired) electrons. The fourth-order valence-corrected chi connectivity index (χ4v) is 4.07. The van der Waals surface area contributed by atoms with Gasteiger partial charge in [0.05, 0.1) is 22.0 Å². The molecule has 1 amide bonds. The molecule has 26 heavy (non-hydrogen) atoms. The Bertz CT molecular complexity index is 1050. The summed E-state index contributed by atoms with van der Waals surface area (Å²) in [6.45, 7) is 1.82. The average molecular weight is 391 g/mol. The van der Waals surface area contributed by atoms with Crippen LogP contribution >= 0.6 is 11.6 Å². The molecule has 2 aromatic carbocycles. The van der Waals surface area contributed by atoms with Crippen molar-refractivity contribution in [2.24, 2.45) is 0 Å². The minimum atomic E-state index is -3.84. The van der Waals surface area contributed by atoms with Crippen molar-refractivity contribution in [2.45, 2.75) is 18.0 Å². The van der Waals surface area contributed by atoms with E-state index in [1.807, 2.05) is 25.1 Å². The van der Waals surface area contributed by atoms with Crippen molar-refractivity contribution in [3.05, 3.63) is 52.5 Å². The maximum atomic E-state index is 13.1. The zero-order valence-corrected chi connectivity index (χ0v) is 15.5. The molecule has 7 nitrogen and oxygen atoms in total. The van der Waals surface area contributed by atoms with Crippen LogP contribution in [0.3, 0.4) is 0 Å². The van der Waals surface area contributed by atoms with Gasteiger partial charge in [0.1, 0.15) is 11.0 Å². The van der Waals surface area contributed by atoms with Crippen LogP contribution in [0.1, 0.15) is 15.9 Å². The minimum Gasteiger partial charge on any atom is -0.352 e. The summed E-state index contributed by atoms with van der Waals surface area (Å²) in [4.78, 5) is 14.2. The number of nitrogens with zero attached hydrogens (tertiary/aromatic N) is 2. The van der Waals surface area contributed by atoms with E-state index >= 15 is 0 Å². The number of fused-ring (bicyclic) bond motifs is 1. The fraction of sp³-hybridized carbons (Fsp3) is 0.176. The molecule has 0 fully saturated rings. The SMILES string of the molecule is CNS(=O)(=O)c1cc2c(cc1Cl)NC(C#N)N(c1ccccc1C)C2=O. The van der Waals surface area contributed by atoms with Crippen LogP contribution in [-0.2, 0) is 10.0 Å². The largest absolute Gasteiger partial charge is 0.352 e. The Balaban J connectivity index is 2.20. The highest BCUT2D eigenvalue weighted by Crippen LogP contribution is 2.35. The molecule has 1 aliphatic rings. The third kappa shape index (κ3) is 2.90. The molecule has 1 aliphatic heterocycles. The van der Waals surface area contributed by atoms with Crippen molar-refractivity contribution in [1.29, 1.82) is 5.26 Å². The van der Waals surface area contributed by atoms with Gasteiger partial charge in [-0.05, 0) is 37.7 Å². The Morgan fingerprint density at radius 3 is 2.62 bits per heavy atom. The van der Waals surface area contributed by atoms with E-state index in [0.29, 0.717) is 11.4 Å². The molecule has 0 spiro atoms. The van der Waals surface area contributed by atoms with Gasteiger partial charge < -0.3 is 5.32 Å². The second kappa shape index (κ2) is 6.61. The van der Waals surface area contributed by atoms with Crippen molar-refractivity contribution in [1.82, 2.24) is 4.72 Å². The summed E-state index contributed by atoms with van der Waals surface area (Å²) in [5.41, 5.74) is 1.81. The van der Waals surface area contributed by atoms with Gasteiger partial charge in [-0.1, -0.05) is 29.8 Å². The highest BCUT2D eigenvalue weighted by atomic mass is 35.5. The number of nitriles is 1. The van der Waals surface area contributed by atoms with E-state index in [-0.39, 0.29) is 15.5 Å². The van der Waals surface area contributed by atoms with Gasteiger partial charge in [0.15, 0.2) is 6.17 Å². The van der Waals surface area contributed by atoms with Gasteiger partial charge >= 0.3 is 0 Å². The van der Waals surface area contributed by atoms with E-state index in [9.17, 15) is 18.5 Å². The third-order valence-electron chi connectivity index (χ3n) is 4.13. The van der Waals surface area contributed by atoms with Gasteiger partial charge in [0, 0.05) is 0 Å². The van der Waals surface area contributed by atoms with Crippen LogP contribution in [-0.4, -0.2) is 27.5 Å². The molecule has 134 valence electrons. The van der Waals surface area contributed by atoms with Crippen molar-refractivity contribution in [3.63, 3.8) is 0 Å². The maximum absolute atomic E-state index is 13.1. The predicted octanol–water partition coefficient (Wildman–Crippen LogP) is 2.48. The van der Waals surface area contributed by atoms with Gasteiger partial charge in [0.2, 0.25) is 10.0 Å². The molecule has 0 saturated carbocycles. The van der Waals surface area contributed by atoms with Gasteiger partial charge in [-0.2, -0.15) is 5.26 Å². The van der Waals surface area contributed by atoms with Crippen LogP contribution in [0, 0.1) is 18.3 Å². The number of benzene rings is 2. The lowest BCUT2D eigenvalue weighted by Gasteiger charge is -2.35. The zero-order valence-electron chi connectivity index (χ0n) is 13.9. The lowest BCUT2D eigenvalue weighted by molar-refractivity contribution is 0.0980. The van der Waals surface area contributed by atoms with Crippen molar-refractivity contribution < 1.29 is 13.2 Å². The molecule has 9 heteroatoms. The summed E-state index contributed by atoms with van der Waals surface area (Å²) in [5, 5.41) is 12.4. The van der Waals surface area contributed by atoms with Crippen molar-refractivity contribution >= 4 is 38.9 Å². The summed E-state index contributed by atoms with van der Waals surface area (Å²) in [6.07, 6.45) is -0.945. The number of carbonyl (C=O) groups is 1. The smallest absolute Gasteiger partial charge is 0.262 e. The number of carbonyl (C=O) groups excluding carboxylic acids is 1. The average Bonchev–Trinajstić information content (AvgIpc) is 2.61. The number of halogens is 1. The summed E-state index contributed by atoms with van der Waals surface area (Å²) in [7, 11) is -2.58. The predicted molar refractivity (Wildman–Crippen MR) is 98.7 cm³/mol. The molecule has 1 heterocycles. The molecular weight excluding hydrogens is 376 g/mol. The van der Waals surface area contributed by atoms with E-state index in [0.717, 1.165) is 5.56 Å². The Morgan fingerprint density at radius 2 is 2.00 bits per heavy atom. The summed E-state index contributed by atoms with van der Waals surface area (Å²) >= 11 is 6.07. The fourth-order valence-electron chi connectivity index (χ4n) is 2.80. The number of rotatable bonds is 3. The first-order valence-corrected chi connectivity index (χ1v) is 9.48.